The standard InChI is InChI=1S/C24H31ClN2O3/c1-5-14-26-24(29)21(6-2)27(15-19-10-12-20(25)13-11-19)23(28)16-30-22-9-7-8-17(3)18(22)4/h7-13,21H,5-6,14-16H2,1-4H3,(H,26,29)/t21-/m1/s1. The van der Waals surface area contributed by atoms with Gasteiger partial charge in [0.25, 0.3) is 5.91 Å². The predicted molar refractivity (Wildman–Crippen MR) is 121 cm³/mol. The minimum absolute atomic E-state index is 0.130. The van der Waals surface area contributed by atoms with Crippen molar-refractivity contribution in [2.75, 3.05) is 13.2 Å². The molecule has 6 heteroatoms. The molecule has 1 atom stereocenters. The van der Waals surface area contributed by atoms with Crippen LogP contribution in [0.4, 0.5) is 0 Å². The SMILES string of the molecule is CCCNC(=O)[C@@H](CC)N(Cc1ccc(Cl)cc1)C(=O)COc1cccc(C)c1C. The van der Waals surface area contributed by atoms with Gasteiger partial charge in [-0.05, 0) is 61.6 Å². The van der Waals surface area contributed by atoms with Crippen LogP contribution in [0, 0.1) is 13.8 Å². The van der Waals surface area contributed by atoms with Crippen LogP contribution >= 0.6 is 11.6 Å². The minimum atomic E-state index is -0.568. The molecule has 0 fully saturated rings. The third-order valence-electron chi connectivity index (χ3n) is 5.11. The van der Waals surface area contributed by atoms with Gasteiger partial charge in [-0.1, -0.05) is 49.7 Å². The van der Waals surface area contributed by atoms with Crippen molar-refractivity contribution in [3.8, 4) is 5.75 Å². The Morgan fingerprint density at radius 1 is 1.10 bits per heavy atom. The summed E-state index contributed by atoms with van der Waals surface area (Å²) in [7, 11) is 0. The molecule has 162 valence electrons. The summed E-state index contributed by atoms with van der Waals surface area (Å²) in [5.41, 5.74) is 3.01. The molecule has 30 heavy (non-hydrogen) atoms. The van der Waals surface area contributed by atoms with Gasteiger partial charge in [-0.2, -0.15) is 0 Å². The summed E-state index contributed by atoms with van der Waals surface area (Å²) in [4.78, 5) is 27.5. The highest BCUT2D eigenvalue weighted by Crippen LogP contribution is 2.21. The average molecular weight is 431 g/mol. The van der Waals surface area contributed by atoms with Gasteiger partial charge >= 0.3 is 0 Å². The average Bonchev–Trinajstić information content (AvgIpc) is 2.74. The lowest BCUT2D eigenvalue weighted by molar-refractivity contribution is -0.143. The Labute approximate surface area is 184 Å². The second kappa shape index (κ2) is 11.6. The maximum Gasteiger partial charge on any atom is 0.261 e. The smallest absolute Gasteiger partial charge is 0.261 e. The fourth-order valence-corrected chi connectivity index (χ4v) is 3.30. The van der Waals surface area contributed by atoms with Crippen LogP contribution in [0.2, 0.25) is 5.02 Å². The Hall–Kier alpha value is -2.53. The summed E-state index contributed by atoms with van der Waals surface area (Å²) >= 11 is 5.99. The molecule has 0 saturated heterocycles. The zero-order chi connectivity index (χ0) is 22.1. The number of nitrogens with zero attached hydrogens (tertiary/aromatic N) is 1. The first-order valence-electron chi connectivity index (χ1n) is 10.4. The summed E-state index contributed by atoms with van der Waals surface area (Å²) < 4.78 is 5.83. The molecule has 0 bridgehead atoms. The molecule has 0 aliphatic carbocycles. The van der Waals surface area contributed by atoms with E-state index in [1.54, 1.807) is 17.0 Å². The van der Waals surface area contributed by atoms with Crippen LogP contribution < -0.4 is 10.1 Å². The van der Waals surface area contributed by atoms with Crippen molar-refractivity contribution in [2.45, 2.75) is 53.1 Å². The van der Waals surface area contributed by atoms with Crippen molar-refractivity contribution in [1.82, 2.24) is 10.2 Å². The van der Waals surface area contributed by atoms with Crippen molar-refractivity contribution in [2.24, 2.45) is 0 Å². The van der Waals surface area contributed by atoms with Gasteiger partial charge in [-0.25, -0.2) is 0 Å². The third-order valence-corrected chi connectivity index (χ3v) is 5.36. The number of carbonyl (C=O) groups is 2. The van der Waals surface area contributed by atoms with Crippen LogP contribution in [0.1, 0.15) is 43.4 Å². The Morgan fingerprint density at radius 2 is 1.80 bits per heavy atom. The summed E-state index contributed by atoms with van der Waals surface area (Å²) in [6, 6.07) is 12.5. The maximum absolute atomic E-state index is 13.2. The number of nitrogens with one attached hydrogen (secondary N) is 1. The van der Waals surface area contributed by atoms with Crippen molar-refractivity contribution in [1.29, 1.82) is 0 Å². The molecule has 0 saturated carbocycles. The van der Waals surface area contributed by atoms with E-state index in [1.165, 1.54) is 0 Å². The van der Waals surface area contributed by atoms with Gasteiger partial charge in [0.1, 0.15) is 11.8 Å². The van der Waals surface area contributed by atoms with Gasteiger partial charge < -0.3 is 15.0 Å². The summed E-state index contributed by atoms with van der Waals surface area (Å²) in [5, 5.41) is 3.54. The summed E-state index contributed by atoms with van der Waals surface area (Å²) in [5.74, 6) is 0.302. The minimum Gasteiger partial charge on any atom is -0.483 e. The van der Waals surface area contributed by atoms with Gasteiger partial charge in [0.15, 0.2) is 6.61 Å². The van der Waals surface area contributed by atoms with Gasteiger partial charge in [-0.3, -0.25) is 9.59 Å². The molecule has 2 aromatic rings. The molecular weight excluding hydrogens is 400 g/mol. The first-order chi connectivity index (χ1) is 14.4. The van der Waals surface area contributed by atoms with E-state index in [-0.39, 0.29) is 18.4 Å². The van der Waals surface area contributed by atoms with Crippen molar-refractivity contribution < 1.29 is 14.3 Å². The second-order valence-electron chi connectivity index (χ2n) is 7.35. The topological polar surface area (TPSA) is 58.6 Å². The lowest BCUT2D eigenvalue weighted by atomic mass is 10.1. The molecule has 2 aromatic carbocycles. The highest BCUT2D eigenvalue weighted by molar-refractivity contribution is 6.30. The van der Waals surface area contributed by atoms with Crippen LogP contribution in [-0.2, 0) is 16.1 Å². The lowest BCUT2D eigenvalue weighted by Gasteiger charge is -2.30. The molecule has 0 aliphatic rings. The number of amides is 2. The van der Waals surface area contributed by atoms with E-state index >= 15 is 0 Å². The molecule has 0 unspecified atom stereocenters. The Kier molecular flexibility index (Phi) is 9.18. The zero-order valence-corrected chi connectivity index (χ0v) is 19.0. The molecule has 0 aliphatic heterocycles. The molecule has 2 amide bonds. The molecule has 0 spiro atoms. The summed E-state index contributed by atoms with van der Waals surface area (Å²) in [6.07, 6.45) is 1.35. The van der Waals surface area contributed by atoms with E-state index in [0.717, 1.165) is 23.1 Å². The van der Waals surface area contributed by atoms with E-state index in [9.17, 15) is 9.59 Å². The molecule has 0 aromatic heterocycles. The van der Waals surface area contributed by atoms with Crippen molar-refractivity contribution in [3.63, 3.8) is 0 Å². The van der Waals surface area contributed by atoms with Crippen LogP contribution in [0.3, 0.4) is 0 Å². The largest absolute Gasteiger partial charge is 0.483 e. The molecule has 0 heterocycles. The predicted octanol–water partition coefficient (Wildman–Crippen LogP) is 4.67. The summed E-state index contributed by atoms with van der Waals surface area (Å²) in [6.45, 7) is 8.63. The molecular formula is C24H31ClN2O3. The van der Waals surface area contributed by atoms with Crippen molar-refractivity contribution >= 4 is 23.4 Å². The van der Waals surface area contributed by atoms with Crippen molar-refractivity contribution in [3.05, 3.63) is 64.2 Å². The Balaban J connectivity index is 2.21. The molecule has 2 rings (SSSR count). The molecule has 0 radical (unpaired) electrons. The van der Waals surface area contributed by atoms with E-state index < -0.39 is 6.04 Å². The fraction of sp³-hybridized carbons (Fsp3) is 0.417. The number of rotatable bonds is 10. The highest BCUT2D eigenvalue weighted by atomic mass is 35.5. The normalized spacial score (nSPS) is 11.6. The second-order valence-corrected chi connectivity index (χ2v) is 7.79. The third kappa shape index (κ3) is 6.49. The van der Waals surface area contributed by atoms with Crippen LogP contribution in [-0.4, -0.2) is 35.9 Å². The zero-order valence-electron chi connectivity index (χ0n) is 18.2. The van der Waals surface area contributed by atoms with E-state index in [4.69, 9.17) is 16.3 Å². The van der Waals surface area contributed by atoms with Gasteiger partial charge in [0, 0.05) is 18.1 Å². The first-order valence-corrected chi connectivity index (χ1v) is 10.8. The number of carbonyl (C=O) groups excluding carboxylic acids is 2. The number of ether oxygens (including phenoxy) is 1. The van der Waals surface area contributed by atoms with Crippen LogP contribution in [0.25, 0.3) is 0 Å². The maximum atomic E-state index is 13.2. The monoisotopic (exact) mass is 430 g/mol. The van der Waals surface area contributed by atoms with Gasteiger partial charge in [0.05, 0.1) is 0 Å². The van der Waals surface area contributed by atoms with E-state index in [0.29, 0.717) is 30.3 Å². The Bertz CT molecular complexity index is 852. The quantitative estimate of drug-likeness (QED) is 0.595. The number of hydrogen-bond acceptors (Lipinski definition) is 3. The lowest BCUT2D eigenvalue weighted by Crippen LogP contribution is -2.50. The number of halogens is 1. The van der Waals surface area contributed by atoms with E-state index in [1.807, 2.05) is 58.0 Å². The van der Waals surface area contributed by atoms with Crippen LogP contribution in [0.5, 0.6) is 5.75 Å². The fourth-order valence-electron chi connectivity index (χ4n) is 3.17. The number of benzene rings is 2. The molecule has 5 nitrogen and oxygen atoms in total. The number of aryl methyl sites for hydroxylation is 1. The highest BCUT2D eigenvalue weighted by Gasteiger charge is 2.28. The Morgan fingerprint density at radius 3 is 2.43 bits per heavy atom. The first kappa shape index (κ1) is 23.7. The number of hydrogen-bond donors (Lipinski definition) is 1. The van der Waals surface area contributed by atoms with Gasteiger partial charge in [-0.15, -0.1) is 0 Å². The molecule has 1 N–H and O–H groups in total. The van der Waals surface area contributed by atoms with Gasteiger partial charge in [0.2, 0.25) is 5.91 Å². The van der Waals surface area contributed by atoms with Crippen LogP contribution in [0.15, 0.2) is 42.5 Å². The van der Waals surface area contributed by atoms with E-state index in [2.05, 4.69) is 5.32 Å².